The Morgan fingerprint density at radius 2 is 1.84 bits per heavy atom. The molecule has 0 radical (unpaired) electrons. The fourth-order valence-electron chi connectivity index (χ4n) is 3.53. The van der Waals surface area contributed by atoms with Crippen molar-refractivity contribution in [2.45, 2.75) is 19.8 Å². The van der Waals surface area contributed by atoms with Gasteiger partial charge in [0, 0.05) is 5.69 Å². The minimum Gasteiger partial charge on any atom is -0.324 e. The van der Waals surface area contributed by atoms with Crippen LogP contribution in [0.5, 0.6) is 0 Å². The molecule has 1 N–H and O–H groups in total. The molecule has 3 aromatic carbocycles. The Morgan fingerprint density at radius 3 is 2.58 bits per heavy atom. The van der Waals surface area contributed by atoms with Gasteiger partial charge in [0.15, 0.2) is 0 Å². The summed E-state index contributed by atoms with van der Waals surface area (Å²) in [5.74, 6) is -1.08. The quantitative estimate of drug-likeness (QED) is 0.645. The van der Waals surface area contributed by atoms with E-state index in [0.29, 0.717) is 22.8 Å². The van der Waals surface area contributed by atoms with E-state index in [9.17, 15) is 14.0 Å². The molecule has 1 aliphatic heterocycles. The lowest BCUT2D eigenvalue weighted by Crippen LogP contribution is -2.38. The minimum absolute atomic E-state index is 0.0768. The molecule has 0 aromatic heterocycles. The van der Waals surface area contributed by atoms with Gasteiger partial charge in [0.1, 0.15) is 12.4 Å². The molecule has 156 valence electrons. The number of fused-ring (bicyclic) bond motifs is 1. The summed E-state index contributed by atoms with van der Waals surface area (Å²) in [4.78, 5) is 31.9. The molecule has 0 bridgehead atoms. The molecule has 0 saturated carbocycles. The second-order valence-corrected chi connectivity index (χ2v) is 7.31. The minimum atomic E-state index is -0.443. The zero-order valence-electron chi connectivity index (χ0n) is 17.1. The average Bonchev–Trinajstić information content (AvgIpc) is 2.90. The van der Waals surface area contributed by atoms with Gasteiger partial charge in [-0.05, 0) is 47.9 Å². The van der Waals surface area contributed by atoms with E-state index >= 15 is 0 Å². The third-order valence-corrected chi connectivity index (χ3v) is 5.15. The highest BCUT2D eigenvalue weighted by Crippen LogP contribution is 2.33. The molecule has 0 unspecified atom stereocenters. The van der Waals surface area contributed by atoms with Crippen molar-refractivity contribution in [2.75, 3.05) is 16.8 Å². The van der Waals surface area contributed by atoms with E-state index in [2.05, 4.69) is 12.2 Å². The van der Waals surface area contributed by atoms with Crippen LogP contribution in [0.1, 0.15) is 24.5 Å². The number of halogens is 1. The second kappa shape index (κ2) is 8.92. The standard InChI is InChI=1S/C25H22FN3O2/c1-2-17-10-12-18(13-11-17)22-15-25(31)29(23-9-4-3-8-21(23)28-22)16-24(30)27-20-7-5-6-19(26)14-20/h3-14H,2,15-16H2,1H3,(H,27,30). The number of amides is 2. The van der Waals surface area contributed by atoms with Crippen molar-refractivity contribution in [3.63, 3.8) is 0 Å². The molecule has 0 saturated heterocycles. The van der Waals surface area contributed by atoms with Crippen LogP contribution in [0.4, 0.5) is 21.5 Å². The van der Waals surface area contributed by atoms with Crippen LogP contribution in [0.15, 0.2) is 77.8 Å². The van der Waals surface area contributed by atoms with Gasteiger partial charge in [0.25, 0.3) is 0 Å². The number of nitrogens with one attached hydrogen (secondary N) is 1. The van der Waals surface area contributed by atoms with Gasteiger partial charge in [-0.3, -0.25) is 14.6 Å². The number of hydrogen-bond acceptors (Lipinski definition) is 3. The predicted octanol–water partition coefficient (Wildman–Crippen LogP) is 4.88. The lowest BCUT2D eigenvalue weighted by molar-refractivity contribution is -0.120. The highest BCUT2D eigenvalue weighted by atomic mass is 19.1. The number of nitrogens with zero attached hydrogens (tertiary/aromatic N) is 2. The van der Waals surface area contributed by atoms with Gasteiger partial charge >= 0.3 is 0 Å². The molecule has 6 heteroatoms. The van der Waals surface area contributed by atoms with Crippen molar-refractivity contribution in [3.05, 3.63) is 89.7 Å². The summed E-state index contributed by atoms with van der Waals surface area (Å²) in [6, 6.07) is 20.9. The van der Waals surface area contributed by atoms with E-state index in [4.69, 9.17) is 4.99 Å². The third kappa shape index (κ3) is 4.69. The van der Waals surface area contributed by atoms with Crippen LogP contribution in [0.2, 0.25) is 0 Å². The van der Waals surface area contributed by atoms with E-state index in [1.54, 1.807) is 18.2 Å². The summed E-state index contributed by atoms with van der Waals surface area (Å²) >= 11 is 0. The summed E-state index contributed by atoms with van der Waals surface area (Å²) in [6.45, 7) is 1.90. The molecule has 0 spiro atoms. The molecule has 31 heavy (non-hydrogen) atoms. The van der Waals surface area contributed by atoms with Gasteiger partial charge in [0.2, 0.25) is 11.8 Å². The molecule has 0 fully saturated rings. The Bertz CT molecular complexity index is 1160. The number of hydrogen-bond donors (Lipinski definition) is 1. The van der Waals surface area contributed by atoms with E-state index in [1.807, 2.05) is 36.4 Å². The van der Waals surface area contributed by atoms with Crippen LogP contribution < -0.4 is 10.2 Å². The highest BCUT2D eigenvalue weighted by molar-refractivity contribution is 6.19. The monoisotopic (exact) mass is 415 g/mol. The maximum atomic E-state index is 13.4. The van der Waals surface area contributed by atoms with E-state index in [0.717, 1.165) is 12.0 Å². The SMILES string of the molecule is CCc1ccc(C2=Nc3ccccc3N(CC(=O)Nc3cccc(F)c3)C(=O)C2)cc1. The first-order valence-electron chi connectivity index (χ1n) is 10.1. The molecule has 5 nitrogen and oxygen atoms in total. The number of rotatable bonds is 5. The maximum absolute atomic E-state index is 13.4. The van der Waals surface area contributed by atoms with E-state index < -0.39 is 11.7 Å². The lowest BCUT2D eigenvalue weighted by Gasteiger charge is -2.22. The van der Waals surface area contributed by atoms with Crippen molar-refractivity contribution in [1.29, 1.82) is 0 Å². The lowest BCUT2D eigenvalue weighted by atomic mass is 10.0. The Balaban J connectivity index is 1.60. The van der Waals surface area contributed by atoms with Gasteiger partial charge in [-0.15, -0.1) is 0 Å². The first-order valence-corrected chi connectivity index (χ1v) is 10.1. The molecule has 1 heterocycles. The van der Waals surface area contributed by atoms with Crippen LogP contribution in [0.25, 0.3) is 0 Å². The number of para-hydroxylation sites is 2. The molecule has 4 rings (SSSR count). The number of aryl methyl sites for hydroxylation is 1. The molecule has 2 amide bonds. The van der Waals surface area contributed by atoms with Crippen LogP contribution in [-0.4, -0.2) is 24.1 Å². The van der Waals surface area contributed by atoms with Crippen LogP contribution in [-0.2, 0) is 16.0 Å². The predicted molar refractivity (Wildman–Crippen MR) is 120 cm³/mol. The molecule has 0 atom stereocenters. The second-order valence-electron chi connectivity index (χ2n) is 7.31. The van der Waals surface area contributed by atoms with E-state index in [1.165, 1.54) is 28.7 Å². The van der Waals surface area contributed by atoms with Gasteiger partial charge in [-0.1, -0.05) is 49.4 Å². The summed E-state index contributed by atoms with van der Waals surface area (Å²) in [5.41, 5.74) is 4.29. The van der Waals surface area contributed by atoms with Crippen molar-refractivity contribution >= 4 is 34.6 Å². The Hall–Kier alpha value is -3.80. The normalized spacial score (nSPS) is 13.3. The number of benzene rings is 3. The average molecular weight is 415 g/mol. The number of anilines is 2. The summed E-state index contributed by atoms with van der Waals surface area (Å²) in [7, 11) is 0. The smallest absolute Gasteiger partial charge is 0.244 e. The molecule has 3 aromatic rings. The number of aliphatic imine (C=N–C) groups is 1. The first kappa shape index (κ1) is 20.5. The molecule has 1 aliphatic rings. The zero-order chi connectivity index (χ0) is 21.8. The van der Waals surface area contributed by atoms with Crippen LogP contribution in [0, 0.1) is 5.82 Å². The van der Waals surface area contributed by atoms with Gasteiger partial charge in [0.05, 0.1) is 23.5 Å². The highest BCUT2D eigenvalue weighted by Gasteiger charge is 2.26. The fourth-order valence-corrected chi connectivity index (χ4v) is 3.53. The van der Waals surface area contributed by atoms with Gasteiger partial charge < -0.3 is 10.2 Å². The maximum Gasteiger partial charge on any atom is 0.244 e. The number of carbonyl (C=O) groups excluding carboxylic acids is 2. The molecule has 0 aliphatic carbocycles. The Kier molecular flexibility index (Phi) is 5.89. The van der Waals surface area contributed by atoms with Crippen LogP contribution in [0.3, 0.4) is 0 Å². The topological polar surface area (TPSA) is 61.8 Å². The third-order valence-electron chi connectivity index (χ3n) is 5.15. The summed E-state index contributed by atoms with van der Waals surface area (Å²) < 4.78 is 13.4. The van der Waals surface area contributed by atoms with Crippen LogP contribution >= 0.6 is 0 Å². The van der Waals surface area contributed by atoms with Crippen molar-refractivity contribution in [3.8, 4) is 0 Å². The van der Waals surface area contributed by atoms with E-state index in [-0.39, 0.29) is 18.9 Å². The molecular formula is C25H22FN3O2. The summed E-state index contributed by atoms with van der Waals surface area (Å²) in [6.07, 6.45) is 1.01. The Morgan fingerprint density at radius 1 is 1.06 bits per heavy atom. The Labute approximate surface area is 180 Å². The van der Waals surface area contributed by atoms with Crippen molar-refractivity contribution < 1.29 is 14.0 Å². The summed E-state index contributed by atoms with van der Waals surface area (Å²) in [5, 5.41) is 2.65. The molecular weight excluding hydrogens is 393 g/mol. The largest absolute Gasteiger partial charge is 0.324 e. The van der Waals surface area contributed by atoms with Crippen molar-refractivity contribution in [1.82, 2.24) is 0 Å². The van der Waals surface area contributed by atoms with Gasteiger partial charge in [-0.2, -0.15) is 0 Å². The van der Waals surface area contributed by atoms with Gasteiger partial charge in [-0.25, -0.2) is 4.39 Å². The fraction of sp³-hybridized carbons (Fsp3) is 0.160. The van der Waals surface area contributed by atoms with Crippen molar-refractivity contribution in [2.24, 2.45) is 4.99 Å². The zero-order valence-corrected chi connectivity index (χ0v) is 17.1. The number of carbonyl (C=O) groups is 2. The first-order chi connectivity index (χ1) is 15.0.